The smallest absolute Gasteiger partial charge is 0.325 e. The van der Waals surface area contributed by atoms with Crippen molar-refractivity contribution in [1.82, 2.24) is 0 Å². The Balaban J connectivity index is 2.41. The summed E-state index contributed by atoms with van der Waals surface area (Å²) in [5.41, 5.74) is 5.85. The van der Waals surface area contributed by atoms with Gasteiger partial charge in [-0.1, -0.05) is 31.2 Å². The highest BCUT2D eigenvalue weighted by atomic mass is 32.2. The maximum Gasteiger partial charge on any atom is 0.325 e. The third-order valence-corrected chi connectivity index (χ3v) is 5.34. The van der Waals surface area contributed by atoms with Crippen molar-refractivity contribution in [3.63, 3.8) is 0 Å². The molecule has 0 bridgehead atoms. The van der Waals surface area contributed by atoms with Gasteiger partial charge < -0.3 is 10.8 Å². The maximum absolute atomic E-state index is 11.7. The number of nitrogens with two attached hydrogens (primary N) is 1. The van der Waals surface area contributed by atoms with Gasteiger partial charge in [0.15, 0.2) is 9.84 Å². The minimum Gasteiger partial charge on any atom is -0.480 e. The zero-order valence-corrected chi connectivity index (χ0v) is 11.6. The quantitative estimate of drug-likeness (QED) is 0.840. The van der Waals surface area contributed by atoms with Crippen LogP contribution in [0.2, 0.25) is 0 Å². The van der Waals surface area contributed by atoms with Gasteiger partial charge >= 0.3 is 5.97 Å². The van der Waals surface area contributed by atoms with E-state index in [0.29, 0.717) is 5.56 Å². The summed E-state index contributed by atoms with van der Waals surface area (Å²) in [7, 11) is -3.50. The third kappa shape index (κ3) is 2.15. The summed E-state index contributed by atoms with van der Waals surface area (Å²) in [6, 6.07) is 7.27. The molecule has 6 heteroatoms. The fourth-order valence-corrected chi connectivity index (χ4v) is 4.40. The lowest BCUT2D eigenvalue weighted by Gasteiger charge is -2.05. The molecule has 0 spiro atoms. The second-order valence-electron chi connectivity index (χ2n) is 5.06. The number of carboxylic acid groups (broad SMARTS) is 1. The topological polar surface area (TPSA) is 97.5 Å². The molecule has 0 radical (unpaired) electrons. The predicted octanol–water partition coefficient (Wildman–Crippen LogP) is 0.541. The van der Waals surface area contributed by atoms with Crippen molar-refractivity contribution in [3.8, 4) is 0 Å². The fraction of sp³-hybridized carbons (Fsp3) is 0.462. The van der Waals surface area contributed by atoms with E-state index in [1.807, 2.05) is 19.1 Å². The van der Waals surface area contributed by atoms with Gasteiger partial charge in [0.05, 0.1) is 5.25 Å². The Hall–Kier alpha value is -1.40. The molecule has 5 nitrogen and oxygen atoms in total. The number of sulfone groups is 1. The molecule has 0 amide bonds. The Morgan fingerprint density at radius 2 is 1.89 bits per heavy atom. The minimum atomic E-state index is -3.50. The van der Waals surface area contributed by atoms with Gasteiger partial charge in [0, 0.05) is 12.2 Å². The number of carbonyl (C=O) groups is 1. The number of aliphatic carboxylic acids is 1. The summed E-state index contributed by atoms with van der Waals surface area (Å²) in [6.45, 7) is 2.01. The second kappa shape index (κ2) is 4.31. The first-order valence-electron chi connectivity index (χ1n) is 6.03. The van der Waals surface area contributed by atoms with Crippen LogP contribution < -0.4 is 5.73 Å². The number of benzene rings is 1. The predicted molar refractivity (Wildman–Crippen MR) is 71.7 cm³/mol. The Morgan fingerprint density at radius 1 is 1.37 bits per heavy atom. The number of hydrogen-bond acceptors (Lipinski definition) is 4. The SMILES string of the molecule is CCc1ccc(C2C(S(C)(=O)=O)C2(N)C(=O)O)cc1. The van der Waals surface area contributed by atoms with Gasteiger partial charge in [-0.3, -0.25) is 4.79 Å². The molecule has 1 aromatic carbocycles. The Morgan fingerprint density at radius 3 is 2.21 bits per heavy atom. The van der Waals surface area contributed by atoms with Crippen LogP contribution in [0.5, 0.6) is 0 Å². The van der Waals surface area contributed by atoms with Gasteiger partial charge in [-0.25, -0.2) is 8.42 Å². The summed E-state index contributed by atoms with van der Waals surface area (Å²) < 4.78 is 23.4. The van der Waals surface area contributed by atoms with Gasteiger partial charge in [-0.2, -0.15) is 0 Å². The second-order valence-corrected chi connectivity index (χ2v) is 7.23. The van der Waals surface area contributed by atoms with Gasteiger partial charge in [-0.05, 0) is 17.5 Å². The summed E-state index contributed by atoms with van der Waals surface area (Å²) in [5.74, 6) is -1.95. The number of rotatable bonds is 4. The van der Waals surface area contributed by atoms with Crippen LogP contribution in [0.4, 0.5) is 0 Å². The van der Waals surface area contributed by atoms with Gasteiger partial charge in [0.2, 0.25) is 0 Å². The zero-order chi connectivity index (χ0) is 14.4. The van der Waals surface area contributed by atoms with Gasteiger partial charge in [-0.15, -0.1) is 0 Å². The van der Waals surface area contributed by atoms with Crippen LogP contribution in [0.3, 0.4) is 0 Å². The van der Waals surface area contributed by atoms with Crippen LogP contribution in [0.25, 0.3) is 0 Å². The third-order valence-electron chi connectivity index (χ3n) is 3.76. The molecule has 1 saturated carbocycles. The molecule has 0 aromatic heterocycles. The van der Waals surface area contributed by atoms with Crippen LogP contribution in [0.1, 0.15) is 24.0 Å². The largest absolute Gasteiger partial charge is 0.480 e. The standard InChI is InChI=1S/C13H17NO4S/c1-3-8-4-6-9(7-5-8)10-11(19(2,17)18)13(10,14)12(15)16/h4-7,10-11H,3,14H2,1-2H3,(H,15,16). The molecule has 104 valence electrons. The molecule has 3 atom stereocenters. The molecule has 2 rings (SSSR count). The lowest BCUT2D eigenvalue weighted by atomic mass is 10.0. The average molecular weight is 283 g/mol. The monoisotopic (exact) mass is 283 g/mol. The van der Waals surface area contributed by atoms with E-state index in [1.54, 1.807) is 12.1 Å². The van der Waals surface area contributed by atoms with Gasteiger partial charge in [0.25, 0.3) is 0 Å². The fourth-order valence-electron chi connectivity index (χ4n) is 2.64. The van der Waals surface area contributed by atoms with E-state index >= 15 is 0 Å². The van der Waals surface area contributed by atoms with E-state index in [2.05, 4.69) is 0 Å². The summed E-state index contributed by atoms with van der Waals surface area (Å²) in [6.07, 6.45) is 1.90. The molecule has 1 fully saturated rings. The maximum atomic E-state index is 11.7. The van der Waals surface area contributed by atoms with Crippen LogP contribution in [0.15, 0.2) is 24.3 Å². The molecule has 0 heterocycles. The molecular weight excluding hydrogens is 266 g/mol. The van der Waals surface area contributed by atoms with Crippen molar-refractivity contribution >= 4 is 15.8 Å². The minimum absolute atomic E-state index is 0.664. The molecule has 0 saturated heterocycles. The van der Waals surface area contributed by atoms with E-state index in [1.165, 1.54) is 0 Å². The van der Waals surface area contributed by atoms with Crippen molar-refractivity contribution < 1.29 is 18.3 Å². The van der Waals surface area contributed by atoms with Crippen molar-refractivity contribution in [2.75, 3.05) is 6.26 Å². The van der Waals surface area contributed by atoms with Crippen LogP contribution in [-0.4, -0.2) is 36.5 Å². The molecule has 0 aliphatic heterocycles. The number of aryl methyl sites for hydroxylation is 1. The van der Waals surface area contributed by atoms with E-state index in [-0.39, 0.29) is 0 Å². The first-order chi connectivity index (χ1) is 8.72. The van der Waals surface area contributed by atoms with Crippen molar-refractivity contribution in [1.29, 1.82) is 0 Å². The lowest BCUT2D eigenvalue weighted by molar-refractivity contribution is -0.139. The van der Waals surface area contributed by atoms with E-state index < -0.39 is 32.5 Å². The lowest BCUT2D eigenvalue weighted by Crippen LogP contribution is -2.39. The van der Waals surface area contributed by atoms with E-state index in [9.17, 15) is 18.3 Å². The molecule has 1 aliphatic carbocycles. The van der Waals surface area contributed by atoms with Gasteiger partial charge in [0.1, 0.15) is 5.54 Å². The number of carboxylic acids is 1. The molecule has 1 aliphatic rings. The van der Waals surface area contributed by atoms with Crippen molar-refractivity contribution in [2.24, 2.45) is 5.73 Å². The molecular formula is C13H17NO4S. The highest BCUT2D eigenvalue weighted by molar-refractivity contribution is 7.91. The Kier molecular flexibility index (Phi) is 3.18. The number of hydrogen-bond donors (Lipinski definition) is 2. The zero-order valence-electron chi connectivity index (χ0n) is 10.8. The van der Waals surface area contributed by atoms with Crippen molar-refractivity contribution in [2.45, 2.75) is 30.1 Å². The summed E-state index contributed by atoms with van der Waals surface area (Å²) in [4.78, 5) is 11.3. The normalized spacial score (nSPS) is 30.1. The first kappa shape index (κ1) is 14.0. The van der Waals surface area contributed by atoms with Crippen LogP contribution in [-0.2, 0) is 21.1 Å². The molecule has 3 unspecified atom stereocenters. The van der Waals surface area contributed by atoms with E-state index in [0.717, 1.165) is 18.2 Å². The summed E-state index contributed by atoms with van der Waals surface area (Å²) >= 11 is 0. The van der Waals surface area contributed by atoms with Crippen LogP contribution in [0, 0.1) is 0 Å². The average Bonchev–Trinajstić information content (AvgIpc) is 2.98. The molecule has 3 N–H and O–H groups in total. The summed E-state index contributed by atoms with van der Waals surface area (Å²) in [5, 5.41) is 8.14. The Labute approximate surface area is 112 Å². The highest BCUT2D eigenvalue weighted by Gasteiger charge is 2.73. The van der Waals surface area contributed by atoms with Crippen LogP contribution >= 0.6 is 0 Å². The highest BCUT2D eigenvalue weighted by Crippen LogP contribution is 2.54. The first-order valence-corrected chi connectivity index (χ1v) is 7.98. The molecule has 19 heavy (non-hydrogen) atoms. The Bertz CT molecular complexity index is 608. The van der Waals surface area contributed by atoms with Crippen molar-refractivity contribution in [3.05, 3.63) is 35.4 Å². The van der Waals surface area contributed by atoms with E-state index in [4.69, 9.17) is 5.73 Å². The molecule has 1 aromatic rings.